The Hall–Kier alpha value is -4.85. The Labute approximate surface area is 249 Å². The van der Waals surface area contributed by atoms with Gasteiger partial charge in [0.25, 0.3) is 11.8 Å². The Kier molecular flexibility index (Phi) is 7.30. The van der Waals surface area contributed by atoms with Crippen molar-refractivity contribution >= 4 is 45.5 Å². The Morgan fingerprint density at radius 1 is 1.12 bits per heavy atom. The molecule has 3 N–H and O–H groups in total. The average Bonchev–Trinajstić information content (AvgIpc) is 3.29. The number of piperidine rings is 1. The lowest BCUT2D eigenvalue weighted by Crippen LogP contribution is -2.60. The highest BCUT2D eigenvalue weighted by Crippen LogP contribution is 2.32. The number of amides is 4. The van der Waals surface area contributed by atoms with Crippen LogP contribution in [0.3, 0.4) is 0 Å². The monoisotopic (exact) mass is 599 g/mol. The lowest BCUT2D eigenvalue weighted by Gasteiger charge is -2.42. The molecule has 3 unspecified atom stereocenters. The molecule has 2 saturated heterocycles. The SMILES string of the molecule is Cc1ncc(C(=O)NCc2cc3nc(-c4ccnc(N5CCC6(NC(=O)NC6=O)C(C)C5)n4)ccc3cn2)cc1S(C)=O. The van der Waals surface area contributed by atoms with Gasteiger partial charge in [0, 0.05) is 49.2 Å². The molecule has 1 spiro atoms. The van der Waals surface area contributed by atoms with Gasteiger partial charge in [-0.1, -0.05) is 6.92 Å². The van der Waals surface area contributed by atoms with Gasteiger partial charge in [-0.05, 0) is 43.7 Å². The van der Waals surface area contributed by atoms with Gasteiger partial charge in [0.05, 0.1) is 56.1 Å². The third-order valence-electron chi connectivity index (χ3n) is 7.94. The number of pyridine rings is 3. The molecule has 0 bridgehead atoms. The summed E-state index contributed by atoms with van der Waals surface area (Å²) in [6.07, 6.45) is 6.84. The van der Waals surface area contributed by atoms with E-state index < -0.39 is 22.4 Å². The van der Waals surface area contributed by atoms with E-state index in [0.29, 0.717) is 64.2 Å². The summed E-state index contributed by atoms with van der Waals surface area (Å²) in [7, 11) is -1.25. The second-order valence-corrected chi connectivity index (χ2v) is 12.1. The minimum absolute atomic E-state index is 0.148. The zero-order chi connectivity index (χ0) is 30.3. The van der Waals surface area contributed by atoms with Crippen LogP contribution in [0.1, 0.15) is 35.1 Å². The first-order valence-corrected chi connectivity index (χ1v) is 15.2. The average molecular weight is 600 g/mol. The topological polar surface area (TPSA) is 172 Å². The summed E-state index contributed by atoms with van der Waals surface area (Å²) < 4.78 is 11.9. The van der Waals surface area contributed by atoms with Gasteiger partial charge in [0.1, 0.15) is 5.54 Å². The molecule has 2 aliphatic heterocycles. The molecule has 4 amide bonds. The fraction of sp³-hybridized carbons (Fsp3) is 0.310. The van der Waals surface area contributed by atoms with Gasteiger partial charge in [0.15, 0.2) is 0 Å². The second kappa shape index (κ2) is 11.1. The van der Waals surface area contributed by atoms with E-state index in [0.717, 1.165) is 5.39 Å². The maximum absolute atomic E-state index is 12.7. The molecule has 0 aliphatic carbocycles. The summed E-state index contributed by atoms with van der Waals surface area (Å²) in [6, 6.07) is 8.51. The first-order chi connectivity index (χ1) is 20.6. The van der Waals surface area contributed by atoms with E-state index in [1.165, 1.54) is 6.20 Å². The van der Waals surface area contributed by atoms with Crippen molar-refractivity contribution in [2.45, 2.75) is 37.2 Å². The number of urea groups is 1. The smallest absolute Gasteiger partial charge is 0.322 e. The Morgan fingerprint density at radius 2 is 1.93 bits per heavy atom. The number of aromatic nitrogens is 5. The van der Waals surface area contributed by atoms with Crippen molar-refractivity contribution in [3.63, 3.8) is 0 Å². The molecule has 4 aromatic heterocycles. The van der Waals surface area contributed by atoms with Crippen LogP contribution < -0.4 is 20.9 Å². The molecule has 220 valence electrons. The number of nitrogens with zero attached hydrogens (tertiary/aromatic N) is 6. The van der Waals surface area contributed by atoms with Crippen molar-refractivity contribution in [3.8, 4) is 11.4 Å². The van der Waals surface area contributed by atoms with E-state index in [1.54, 1.807) is 37.7 Å². The van der Waals surface area contributed by atoms with E-state index in [9.17, 15) is 18.6 Å². The van der Waals surface area contributed by atoms with Gasteiger partial charge in [-0.15, -0.1) is 0 Å². The number of fused-ring (bicyclic) bond motifs is 1. The number of nitrogens with one attached hydrogen (secondary N) is 3. The zero-order valence-corrected chi connectivity index (χ0v) is 24.6. The maximum Gasteiger partial charge on any atom is 0.322 e. The van der Waals surface area contributed by atoms with Crippen LogP contribution in [-0.4, -0.2) is 71.9 Å². The summed E-state index contributed by atoms with van der Waals surface area (Å²) >= 11 is 0. The number of imide groups is 1. The van der Waals surface area contributed by atoms with Crippen molar-refractivity contribution in [2.75, 3.05) is 24.2 Å². The molecule has 13 nitrogen and oxygen atoms in total. The van der Waals surface area contributed by atoms with Crippen LogP contribution >= 0.6 is 0 Å². The first kappa shape index (κ1) is 28.3. The zero-order valence-electron chi connectivity index (χ0n) is 23.7. The molecule has 4 aromatic rings. The molecule has 0 radical (unpaired) electrons. The van der Waals surface area contributed by atoms with Crippen LogP contribution in [0.4, 0.5) is 10.7 Å². The molecule has 14 heteroatoms. The number of hydrogen-bond donors (Lipinski definition) is 3. The third-order valence-corrected chi connectivity index (χ3v) is 8.97. The highest BCUT2D eigenvalue weighted by molar-refractivity contribution is 7.84. The van der Waals surface area contributed by atoms with Crippen molar-refractivity contribution in [3.05, 3.63) is 65.9 Å². The van der Waals surface area contributed by atoms with Crippen molar-refractivity contribution in [1.82, 2.24) is 40.9 Å². The van der Waals surface area contributed by atoms with Gasteiger partial charge < -0.3 is 15.5 Å². The molecule has 43 heavy (non-hydrogen) atoms. The summed E-state index contributed by atoms with van der Waals surface area (Å²) in [6.45, 7) is 4.86. The highest BCUT2D eigenvalue weighted by atomic mass is 32.2. The molecular weight excluding hydrogens is 570 g/mol. The summed E-state index contributed by atoms with van der Waals surface area (Å²) in [4.78, 5) is 62.2. The van der Waals surface area contributed by atoms with Gasteiger partial charge in [-0.25, -0.2) is 19.7 Å². The van der Waals surface area contributed by atoms with Crippen LogP contribution in [0.5, 0.6) is 0 Å². The van der Waals surface area contributed by atoms with Gasteiger partial charge in [0.2, 0.25) is 5.95 Å². The molecule has 6 rings (SSSR count). The summed E-state index contributed by atoms with van der Waals surface area (Å²) in [5.74, 6) is -0.261. The molecule has 3 atom stereocenters. The van der Waals surface area contributed by atoms with E-state index in [1.807, 2.05) is 30.0 Å². The third kappa shape index (κ3) is 5.41. The highest BCUT2D eigenvalue weighted by Gasteiger charge is 2.52. The molecular formula is C29H29N9O4S. The summed E-state index contributed by atoms with van der Waals surface area (Å²) in [5.41, 5.74) is 2.62. The first-order valence-electron chi connectivity index (χ1n) is 13.7. The number of rotatable bonds is 6. The van der Waals surface area contributed by atoms with Crippen molar-refractivity contribution in [2.24, 2.45) is 5.92 Å². The minimum atomic E-state index is -1.25. The van der Waals surface area contributed by atoms with Crippen LogP contribution in [0.25, 0.3) is 22.3 Å². The lowest BCUT2D eigenvalue weighted by atomic mass is 9.79. The van der Waals surface area contributed by atoms with E-state index in [4.69, 9.17) is 9.97 Å². The van der Waals surface area contributed by atoms with Gasteiger partial charge >= 0.3 is 6.03 Å². The molecule has 2 aliphatic rings. The molecule has 0 aromatic carbocycles. The van der Waals surface area contributed by atoms with Crippen molar-refractivity contribution in [1.29, 1.82) is 0 Å². The Morgan fingerprint density at radius 3 is 2.67 bits per heavy atom. The minimum Gasteiger partial charge on any atom is -0.346 e. The van der Waals surface area contributed by atoms with E-state index in [2.05, 4.69) is 30.9 Å². The summed E-state index contributed by atoms with van der Waals surface area (Å²) in [5, 5.41) is 8.84. The van der Waals surface area contributed by atoms with Crippen LogP contribution in [0.2, 0.25) is 0 Å². The van der Waals surface area contributed by atoms with Gasteiger partial charge in [-0.2, -0.15) is 0 Å². The van der Waals surface area contributed by atoms with Gasteiger partial charge in [-0.3, -0.25) is 29.1 Å². The van der Waals surface area contributed by atoms with E-state index >= 15 is 0 Å². The quantitative estimate of drug-likeness (QED) is 0.278. The molecule has 6 heterocycles. The fourth-order valence-corrected chi connectivity index (χ4v) is 6.25. The van der Waals surface area contributed by atoms with Crippen LogP contribution in [0.15, 0.2) is 53.8 Å². The molecule has 2 fully saturated rings. The van der Waals surface area contributed by atoms with Crippen molar-refractivity contribution < 1.29 is 18.6 Å². The Bertz CT molecular complexity index is 1820. The number of carbonyl (C=O) groups is 3. The largest absolute Gasteiger partial charge is 0.346 e. The standard InChI is InChI=1S/C29H29N9O4S/c1-16-15-38(9-7-29(16)26(40)36-28(41)37-29)27-30-8-6-22(35-27)21-5-4-18-12-32-20(11-23(18)34-21)14-33-25(39)19-10-24(43(3)42)17(2)31-13-19/h4-6,8,10-13,16H,7,9,14-15H2,1-3H3,(H,33,39)(H2,36,37,40,41). The maximum atomic E-state index is 12.7. The number of carbonyl (C=O) groups excluding carboxylic acids is 3. The van der Waals surface area contributed by atoms with Crippen LogP contribution in [0, 0.1) is 12.8 Å². The predicted octanol–water partition coefficient (Wildman–Crippen LogP) is 1.88. The Balaban J connectivity index is 1.17. The number of anilines is 1. The predicted molar refractivity (Wildman–Crippen MR) is 158 cm³/mol. The second-order valence-electron chi connectivity index (χ2n) is 10.7. The number of hydrogen-bond acceptors (Lipinski definition) is 10. The molecule has 0 saturated carbocycles. The van der Waals surface area contributed by atoms with Crippen LogP contribution in [-0.2, 0) is 22.1 Å². The lowest BCUT2D eigenvalue weighted by molar-refractivity contribution is -0.126. The normalized spacial score (nSPS) is 20.6. The van der Waals surface area contributed by atoms with E-state index in [-0.39, 0.29) is 24.3 Å². The number of aryl methyl sites for hydroxylation is 1. The fourth-order valence-electron chi connectivity index (χ4n) is 5.49.